The van der Waals surface area contributed by atoms with Gasteiger partial charge in [0.2, 0.25) is 0 Å². The maximum absolute atomic E-state index is 13.0. The van der Waals surface area contributed by atoms with Gasteiger partial charge in [-0.25, -0.2) is 0 Å². The zero-order valence-corrected chi connectivity index (χ0v) is 15.2. The molecule has 0 unspecified atom stereocenters. The Morgan fingerprint density at radius 2 is 2.04 bits per heavy atom. The number of hydrogen-bond acceptors (Lipinski definition) is 4. The molecule has 2 aromatic rings. The number of rotatable bonds is 2. The summed E-state index contributed by atoms with van der Waals surface area (Å²) in [6, 6.07) is 12.2. The summed E-state index contributed by atoms with van der Waals surface area (Å²) in [6.45, 7) is 5.35. The smallest absolute Gasteiger partial charge is 0.263 e. The molecule has 1 fully saturated rings. The Hall–Kier alpha value is -2.56. The lowest BCUT2D eigenvalue weighted by Gasteiger charge is -2.30. The van der Waals surface area contributed by atoms with Crippen molar-refractivity contribution in [1.29, 1.82) is 0 Å². The predicted molar refractivity (Wildman–Crippen MR) is 102 cm³/mol. The Morgan fingerprint density at radius 1 is 1.15 bits per heavy atom. The third-order valence-corrected chi connectivity index (χ3v) is 5.25. The largest absolute Gasteiger partial charge is 0.480 e. The van der Waals surface area contributed by atoms with Gasteiger partial charge in [0.1, 0.15) is 5.75 Å². The molecule has 0 bridgehead atoms. The molecule has 136 valence electrons. The second-order valence-electron chi connectivity index (χ2n) is 7.07. The molecule has 2 aliphatic heterocycles. The maximum atomic E-state index is 13.0. The Morgan fingerprint density at radius 3 is 2.92 bits per heavy atom. The molecule has 1 aromatic heterocycles. The van der Waals surface area contributed by atoms with Gasteiger partial charge in [-0.1, -0.05) is 18.2 Å². The Balaban J connectivity index is 1.40. The lowest BCUT2D eigenvalue weighted by Crippen LogP contribution is -2.45. The highest BCUT2D eigenvalue weighted by atomic mass is 16.5. The third-order valence-electron chi connectivity index (χ3n) is 5.25. The van der Waals surface area contributed by atoms with E-state index in [9.17, 15) is 4.79 Å². The molecule has 0 N–H and O–H groups in total. The molecule has 3 heterocycles. The van der Waals surface area contributed by atoms with Crippen LogP contribution in [0.1, 0.15) is 24.1 Å². The van der Waals surface area contributed by atoms with E-state index in [1.165, 1.54) is 11.3 Å². The molecular formula is C21H25N3O2. The fourth-order valence-corrected chi connectivity index (χ4v) is 3.82. The molecule has 5 heteroatoms. The van der Waals surface area contributed by atoms with E-state index in [0.29, 0.717) is 0 Å². The molecule has 4 rings (SSSR count). The van der Waals surface area contributed by atoms with Gasteiger partial charge in [0.15, 0.2) is 6.10 Å². The van der Waals surface area contributed by atoms with Crippen LogP contribution in [-0.4, -0.2) is 48.1 Å². The second kappa shape index (κ2) is 7.36. The number of aromatic nitrogens is 1. The van der Waals surface area contributed by atoms with Gasteiger partial charge in [0.25, 0.3) is 5.91 Å². The highest BCUT2D eigenvalue weighted by Crippen LogP contribution is 2.28. The Bertz CT molecular complexity index is 792. The van der Waals surface area contributed by atoms with Crippen LogP contribution in [0.25, 0.3) is 0 Å². The molecule has 0 aliphatic carbocycles. The fourth-order valence-electron chi connectivity index (χ4n) is 3.82. The van der Waals surface area contributed by atoms with Crippen molar-refractivity contribution in [3.8, 4) is 5.75 Å². The number of para-hydroxylation sites is 1. The average Bonchev–Trinajstić information content (AvgIpc) is 2.93. The highest BCUT2D eigenvalue weighted by molar-refractivity contribution is 5.81. The van der Waals surface area contributed by atoms with Gasteiger partial charge in [0.05, 0.1) is 0 Å². The molecule has 1 amide bonds. The highest BCUT2D eigenvalue weighted by Gasteiger charge is 2.30. The number of amides is 1. The fraction of sp³-hybridized carbons (Fsp3) is 0.429. The first-order chi connectivity index (χ1) is 12.7. The van der Waals surface area contributed by atoms with E-state index in [4.69, 9.17) is 4.74 Å². The van der Waals surface area contributed by atoms with E-state index in [1.54, 1.807) is 0 Å². The summed E-state index contributed by atoms with van der Waals surface area (Å²) in [5, 5.41) is 0. The summed E-state index contributed by atoms with van der Waals surface area (Å²) in [5.41, 5.74) is 3.41. The van der Waals surface area contributed by atoms with Crippen LogP contribution in [0, 0.1) is 6.92 Å². The quantitative estimate of drug-likeness (QED) is 0.835. The normalized spacial score (nSPS) is 20.1. The minimum absolute atomic E-state index is 0.132. The molecule has 26 heavy (non-hydrogen) atoms. The lowest BCUT2D eigenvalue weighted by atomic mass is 10.0. The van der Waals surface area contributed by atoms with Gasteiger partial charge in [0, 0.05) is 43.8 Å². The van der Waals surface area contributed by atoms with Crippen LogP contribution in [0.4, 0.5) is 5.69 Å². The second-order valence-corrected chi connectivity index (χ2v) is 7.07. The summed E-state index contributed by atoms with van der Waals surface area (Å²) in [6.07, 6.45) is 4.14. The number of carbonyl (C=O) groups is 1. The van der Waals surface area contributed by atoms with Crippen LogP contribution < -0.4 is 9.64 Å². The summed E-state index contributed by atoms with van der Waals surface area (Å²) >= 11 is 0. The molecular weight excluding hydrogens is 326 g/mol. The number of fused-ring (bicyclic) bond motifs is 1. The van der Waals surface area contributed by atoms with Gasteiger partial charge in [-0.3, -0.25) is 9.78 Å². The molecule has 1 aromatic carbocycles. The van der Waals surface area contributed by atoms with E-state index < -0.39 is 0 Å². The first-order valence-electron chi connectivity index (χ1n) is 9.42. The first kappa shape index (κ1) is 16.9. The van der Waals surface area contributed by atoms with Crippen molar-refractivity contribution in [2.45, 2.75) is 32.3 Å². The number of nitrogens with zero attached hydrogens (tertiary/aromatic N) is 3. The predicted octanol–water partition coefficient (Wildman–Crippen LogP) is 2.82. The minimum Gasteiger partial charge on any atom is -0.480 e. The number of hydrogen-bond donors (Lipinski definition) is 0. The minimum atomic E-state index is -0.348. The molecule has 1 atom stereocenters. The average molecular weight is 351 g/mol. The van der Waals surface area contributed by atoms with Gasteiger partial charge >= 0.3 is 0 Å². The lowest BCUT2D eigenvalue weighted by molar-refractivity contribution is -0.139. The number of pyridine rings is 1. The molecule has 2 aliphatic rings. The number of anilines is 1. The van der Waals surface area contributed by atoms with Crippen LogP contribution in [0.3, 0.4) is 0 Å². The van der Waals surface area contributed by atoms with Crippen molar-refractivity contribution in [3.05, 3.63) is 53.9 Å². The van der Waals surface area contributed by atoms with Crippen LogP contribution >= 0.6 is 0 Å². The molecule has 0 spiro atoms. The van der Waals surface area contributed by atoms with Crippen molar-refractivity contribution in [2.24, 2.45) is 0 Å². The number of aryl methyl sites for hydroxylation is 2. The van der Waals surface area contributed by atoms with Gasteiger partial charge in [-0.15, -0.1) is 0 Å². The Kier molecular flexibility index (Phi) is 4.78. The zero-order valence-electron chi connectivity index (χ0n) is 15.2. The maximum Gasteiger partial charge on any atom is 0.263 e. The summed E-state index contributed by atoms with van der Waals surface area (Å²) in [7, 11) is 0. The van der Waals surface area contributed by atoms with E-state index in [0.717, 1.165) is 56.9 Å². The summed E-state index contributed by atoms with van der Waals surface area (Å²) in [5.74, 6) is 0.994. The number of ether oxygens (including phenoxy) is 1. The van der Waals surface area contributed by atoms with Gasteiger partial charge in [-0.05, 0) is 49.9 Å². The van der Waals surface area contributed by atoms with Crippen molar-refractivity contribution in [2.75, 3.05) is 31.1 Å². The van der Waals surface area contributed by atoms with E-state index >= 15 is 0 Å². The summed E-state index contributed by atoms with van der Waals surface area (Å²) in [4.78, 5) is 21.6. The molecule has 0 saturated carbocycles. The van der Waals surface area contributed by atoms with Gasteiger partial charge in [-0.2, -0.15) is 0 Å². The van der Waals surface area contributed by atoms with Crippen molar-refractivity contribution < 1.29 is 9.53 Å². The zero-order chi connectivity index (χ0) is 17.9. The van der Waals surface area contributed by atoms with Crippen LogP contribution in [0.15, 0.2) is 42.6 Å². The van der Waals surface area contributed by atoms with E-state index in [2.05, 4.69) is 22.0 Å². The number of carbonyl (C=O) groups excluding carboxylic acids is 1. The molecule has 1 saturated heterocycles. The van der Waals surface area contributed by atoms with Gasteiger partial charge < -0.3 is 14.5 Å². The third kappa shape index (κ3) is 3.52. The van der Waals surface area contributed by atoms with Crippen LogP contribution in [-0.2, 0) is 11.2 Å². The first-order valence-corrected chi connectivity index (χ1v) is 9.42. The molecule has 0 radical (unpaired) electrons. The topological polar surface area (TPSA) is 45.7 Å². The monoisotopic (exact) mass is 351 g/mol. The van der Waals surface area contributed by atoms with Crippen molar-refractivity contribution in [1.82, 2.24) is 9.88 Å². The Labute approximate surface area is 154 Å². The molecule has 5 nitrogen and oxygen atoms in total. The standard InChI is InChI=1S/C21H25N3O2/c1-16-15-18(9-10-22-16)23-11-4-12-24(14-13-23)21(25)20-8-7-17-5-2-3-6-19(17)26-20/h2-3,5-6,9-10,15,20H,4,7-8,11-14H2,1H3/t20-/m1/s1. The summed E-state index contributed by atoms with van der Waals surface area (Å²) < 4.78 is 6.00. The van der Waals surface area contributed by atoms with E-state index in [-0.39, 0.29) is 12.0 Å². The van der Waals surface area contributed by atoms with Crippen LogP contribution in [0.5, 0.6) is 5.75 Å². The SMILES string of the molecule is Cc1cc(N2CCCN(C(=O)[C@H]3CCc4ccccc4O3)CC2)ccn1. The van der Waals surface area contributed by atoms with Crippen molar-refractivity contribution in [3.63, 3.8) is 0 Å². The van der Waals surface area contributed by atoms with Crippen molar-refractivity contribution >= 4 is 11.6 Å². The van der Waals surface area contributed by atoms with E-state index in [1.807, 2.05) is 42.3 Å². The number of benzene rings is 1. The van der Waals surface area contributed by atoms with Crippen LogP contribution in [0.2, 0.25) is 0 Å².